The second-order valence-corrected chi connectivity index (χ2v) is 9.62. The zero-order valence-electron chi connectivity index (χ0n) is 18.0. The van der Waals surface area contributed by atoms with E-state index in [-0.39, 0.29) is 24.1 Å². The highest BCUT2D eigenvalue weighted by Crippen LogP contribution is 2.45. The van der Waals surface area contributed by atoms with Crippen LogP contribution in [-0.4, -0.2) is 47.1 Å². The molecular formula is C23H24N6O3S. The summed E-state index contributed by atoms with van der Waals surface area (Å²) in [7, 11) is 0. The number of urea groups is 1. The number of carbonyl (C=O) groups excluding carboxylic acids is 2. The van der Waals surface area contributed by atoms with Gasteiger partial charge in [0.25, 0.3) is 5.91 Å². The maximum absolute atomic E-state index is 13.2. The van der Waals surface area contributed by atoms with Gasteiger partial charge in [-0.3, -0.25) is 9.69 Å². The quantitative estimate of drug-likeness (QED) is 0.530. The molecule has 0 radical (unpaired) electrons. The Morgan fingerprint density at radius 2 is 2.09 bits per heavy atom. The van der Waals surface area contributed by atoms with Gasteiger partial charge >= 0.3 is 6.03 Å². The minimum Gasteiger partial charge on any atom is -0.474 e. The Hall–Kier alpha value is -3.24. The number of hydrogen-bond acceptors (Lipinski definition) is 7. The van der Waals surface area contributed by atoms with E-state index >= 15 is 0 Å². The first kappa shape index (κ1) is 20.4. The number of nitrogens with zero attached hydrogens (tertiary/aromatic N) is 3. The molecule has 0 bridgehead atoms. The van der Waals surface area contributed by atoms with E-state index in [0.29, 0.717) is 32.6 Å². The molecule has 2 fully saturated rings. The van der Waals surface area contributed by atoms with E-state index in [4.69, 9.17) is 4.74 Å². The summed E-state index contributed by atoms with van der Waals surface area (Å²) in [5, 5.41) is 10.1. The van der Waals surface area contributed by atoms with Crippen LogP contribution in [0.15, 0.2) is 30.6 Å². The van der Waals surface area contributed by atoms with Gasteiger partial charge in [-0.05, 0) is 50.8 Å². The number of pyridine rings is 2. The Bertz CT molecular complexity index is 1220. The molecule has 3 amide bonds. The molecule has 6 rings (SSSR count). The van der Waals surface area contributed by atoms with E-state index in [1.54, 1.807) is 29.4 Å². The van der Waals surface area contributed by atoms with Crippen LogP contribution in [0.3, 0.4) is 0 Å². The van der Waals surface area contributed by atoms with E-state index in [2.05, 4.69) is 25.9 Å². The molecule has 3 aromatic heterocycles. The lowest BCUT2D eigenvalue weighted by Crippen LogP contribution is -2.45. The maximum atomic E-state index is 13.2. The molecule has 170 valence electrons. The molecule has 1 saturated heterocycles. The maximum Gasteiger partial charge on any atom is 0.331 e. The Labute approximate surface area is 194 Å². The van der Waals surface area contributed by atoms with E-state index in [9.17, 15) is 9.59 Å². The third kappa shape index (κ3) is 3.68. The van der Waals surface area contributed by atoms with Crippen molar-refractivity contribution in [2.45, 2.75) is 44.2 Å². The van der Waals surface area contributed by atoms with Crippen molar-refractivity contribution in [1.29, 1.82) is 0 Å². The van der Waals surface area contributed by atoms with Crippen molar-refractivity contribution >= 4 is 50.6 Å². The van der Waals surface area contributed by atoms with Gasteiger partial charge in [0.05, 0.1) is 28.6 Å². The molecule has 10 heteroatoms. The highest BCUT2D eigenvalue weighted by atomic mass is 32.1. The van der Waals surface area contributed by atoms with Gasteiger partial charge in [-0.25, -0.2) is 14.8 Å². The molecule has 3 N–H and O–H groups in total. The van der Waals surface area contributed by atoms with Crippen LogP contribution in [0.1, 0.15) is 41.8 Å². The highest BCUT2D eigenvalue weighted by Gasteiger charge is 2.33. The van der Waals surface area contributed by atoms with Crippen molar-refractivity contribution in [1.82, 2.24) is 20.6 Å². The van der Waals surface area contributed by atoms with Gasteiger partial charge in [0.2, 0.25) is 5.88 Å². The molecule has 2 aliphatic heterocycles. The van der Waals surface area contributed by atoms with Crippen LogP contribution in [0, 0.1) is 0 Å². The molecule has 0 aromatic carbocycles. The summed E-state index contributed by atoms with van der Waals surface area (Å²) in [6.07, 6.45) is 8.82. The summed E-state index contributed by atoms with van der Waals surface area (Å²) in [5.41, 5.74) is 1.83. The molecule has 33 heavy (non-hydrogen) atoms. The Kier molecular flexibility index (Phi) is 5.11. The second-order valence-electron chi connectivity index (χ2n) is 8.62. The number of anilines is 3. The van der Waals surface area contributed by atoms with Crippen LogP contribution in [0.5, 0.6) is 5.88 Å². The molecule has 1 aliphatic carbocycles. The lowest BCUT2D eigenvalue weighted by Gasteiger charge is -2.29. The van der Waals surface area contributed by atoms with Crippen molar-refractivity contribution in [2.75, 3.05) is 23.3 Å². The smallest absolute Gasteiger partial charge is 0.331 e. The third-order valence-corrected chi connectivity index (χ3v) is 7.50. The van der Waals surface area contributed by atoms with Crippen molar-refractivity contribution in [3.8, 4) is 5.88 Å². The fourth-order valence-electron chi connectivity index (χ4n) is 4.46. The number of nitrogens with one attached hydrogen (secondary N) is 3. The Balaban J connectivity index is 1.32. The molecular weight excluding hydrogens is 440 g/mol. The number of thiophene rings is 1. The van der Waals surface area contributed by atoms with Gasteiger partial charge < -0.3 is 20.7 Å². The first-order valence-corrected chi connectivity index (χ1v) is 12.2. The molecule has 5 heterocycles. The predicted octanol–water partition coefficient (Wildman–Crippen LogP) is 3.79. The second kappa shape index (κ2) is 8.27. The van der Waals surface area contributed by atoms with Crippen LogP contribution < -0.4 is 25.6 Å². The summed E-state index contributed by atoms with van der Waals surface area (Å²) in [4.78, 5) is 37.9. The summed E-state index contributed by atoms with van der Waals surface area (Å²) in [6.45, 7) is 1.73. The van der Waals surface area contributed by atoms with Gasteiger partial charge in [0.15, 0.2) is 0 Å². The SMILES string of the molecule is O=C(N[C@@H]1CCCNC1)c1sc2nccc3c2c1NC(=O)N3c1ccc(OC2CCC2)nc1. The largest absolute Gasteiger partial charge is 0.474 e. The number of rotatable bonds is 5. The summed E-state index contributed by atoms with van der Waals surface area (Å²) < 4.78 is 5.84. The minimum atomic E-state index is -0.337. The van der Waals surface area contributed by atoms with Crippen LogP contribution in [0.4, 0.5) is 21.9 Å². The fourth-order valence-corrected chi connectivity index (χ4v) is 5.48. The fraction of sp³-hybridized carbons (Fsp3) is 0.391. The van der Waals surface area contributed by atoms with Crippen molar-refractivity contribution in [3.63, 3.8) is 0 Å². The summed E-state index contributed by atoms with van der Waals surface area (Å²) in [5.74, 6) is 0.383. The molecule has 0 unspecified atom stereocenters. The molecule has 9 nitrogen and oxygen atoms in total. The first-order chi connectivity index (χ1) is 16.2. The number of piperidine rings is 1. The number of aromatic nitrogens is 2. The van der Waals surface area contributed by atoms with Crippen molar-refractivity contribution < 1.29 is 14.3 Å². The molecule has 1 atom stereocenters. The van der Waals surface area contributed by atoms with E-state index in [1.807, 2.05) is 6.07 Å². The zero-order chi connectivity index (χ0) is 22.4. The van der Waals surface area contributed by atoms with E-state index in [0.717, 1.165) is 44.2 Å². The van der Waals surface area contributed by atoms with E-state index < -0.39 is 0 Å². The van der Waals surface area contributed by atoms with Crippen LogP contribution in [-0.2, 0) is 0 Å². The van der Waals surface area contributed by atoms with Gasteiger partial charge in [0, 0.05) is 24.8 Å². The minimum absolute atomic E-state index is 0.0821. The topological polar surface area (TPSA) is 108 Å². The highest BCUT2D eigenvalue weighted by molar-refractivity contribution is 7.21. The van der Waals surface area contributed by atoms with Crippen LogP contribution in [0.2, 0.25) is 0 Å². The molecule has 1 saturated carbocycles. The van der Waals surface area contributed by atoms with Gasteiger partial charge in [-0.15, -0.1) is 11.3 Å². The number of amides is 3. The van der Waals surface area contributed by atoms with Gasteiger partial charge in [0.1, 0.15) is 15.8 Å². The van der Waals surface area contributed by atoms with Crippen LogP contribution >= 0.6 is 11.3 Å². The molecule has 0 spiro atoms. The standard InChI is InChI=1S/C23H24N6O3S/c30-21(27-13-3-2-9-24-11-13)20-19-18-16(8-10-25-22(18)33-20)29(23(31)28-19)14-6-7-17(26-12-14)32-15-4-1-5-15/h6-8,10,12-13,15,24H,1-5,9,11H2,(H,27,30)(H,28,31)/t13-/m1/s1. The normalized spacial score (nSPS) is 20.3. The van der Waals surface area contributed by atoms with Gasteiger partial charge in [-0.2, -0.15) is 0 Å². The third-order valence-electron chi connectivity index (χ3n) is 6.40. The Morgan fingerprint density at radius 1 is 1.18 bits per heavy atom. The first-order valence-electron chi connectivity index (χ1n) is 11.3. The average Bonchev–Trinajstić information content (AvgIpc) is 3.17. The van der Waals surface area contributed by atoms with Crippen molar-refractivity contribution in [3.05, 3.63) is 35.5 Å². The van der Waals surface area contributed by atoms with Crippen LogP contribution in [0.25, 0.3) is 10.2 Å². The van der Waals surface area contributed by atoms with Gasteiger partial charge in [-0.1, -0.05) is 0 Å². The lowest BCUT2D eigenvalue weighted by atomic mass is 9.96. The summed E-state index contributed by atoms with van der Waals surface area (Å²) in [6, 6.07) is 5.16. The molecule has 3 aliphatic rings. The number of carbonyl (C=O) groups is 2. The number of hydrogen-bond donors (Lipinski definition) is 3. The zero-order valence-corrected chi connectivity index (χ0v) is 18.8. The van der Waals surface area contributed by atoms with Crippen molar-refractivity contribution in [2.24, 2.45) is 0 Å². The number of ether oxygens (including phenoxy) is 1. The average molecular weight is 465 g/mol. The van der Waals surface area contributed by atoms with E-state index in [1.165, 1.54) is 17.8 Å². The predicted molar refractivity (Wildman–Crippen MR) is 127 cm³/mol. The Morgan fingerprint density at radius 3 is 2.82 bits per heavy atom. The monoisotopic (exact) mass is 464 g/mol. The molecule has 3 aromatic rings. The lowest BCUT2D eigenvalue weighted by molar-refractivity contribution is 0.0935. The summed E-state index contributed by atoms with van der Waals surface area (Å²) >= 11 is 1.30.